The van der Waals surface area contributed by atoms with Gasteiger partial charge in [0.15, 0.2) is 0 Å². The van der Waals surface area contributed by atoms with Gasteiger partial charge < -0.3 is 15.1 Å². The molecule has 2 amide bonds. The molecule has 0 aromatic heterocycles. The van der Waals surface area contributed by atoms with Gasteiger partial charge in [0.1, 0.15) is 5.41 Å². The van der Waals surface area contributed by atoms with E-state index in [0.717, 1.165) is 85.5 Å². The van der Waals surface area contributed by atoms with Crippen LogP contribution in [0.4, 0.5) is 5.69 Å². The zero-order valence-electron chi connectivity index (χ0n) is 26.9. The molecule has 0 radical (unpaired) electrons. The molecule has 0 bridgehead atoms. The van der Waals surface area contributed by atoms with Crippen molar-refractivity contribution in [2.75, 3.05) is 44.2 Å². The Hall–Kier alpha value is -3.78. The van der Waals surface area contributed by atoms with Crippen molar-refractivity contribution in [1.82, 2.24) is 15.1 Å². The predicted molar refractivity (Wildman–Crippen MR) is 190 cm³/mol. The SMILES string of the molecule is CCNC(=O)C1(CCCCN2CCN(c3ccc4c(c3)C(=O)N(Cc3cccc(Cl)c3)C4)CC2)c2ccccc2Sc2ccccc21. The van der Waals surface area contributed by atoms with Crippen LogP contribution >= 0.6 is 23.4 Å². The quantitative estimate of drug-likeness (QED) is 0.179. The van der Waals surface area contributed by atoms with Crippen molar-refractivity contribution in [2.45, 2.75) is 54.5 Å². The Morgan fingerprint density at radius 1 is 0.872 bits per heavy atom. The first kappa shape index (κ1) is 31.8. The Bertz CT molecular complexity index is 1740. The van der Waals surface area contributed by atoms with Crippen LogP contribution in [-0.2, 0) is 23.3 Å². The van der Waals surface area contributed by atoms with Gasteiger partial charge >= 0.3 is 0 Å². The third-order valence-corrected chi connectivity index (χ3v) is 11.3. The van der Waals surface area contributed by atoms with Gasteiger partial charge in [0.05, 0.1) is 0 Å². The number of piperazine rings is 1. The van der Waals surface area contributed by atoms with Gasteiger partial charge in [-0.25, -0.2) is 0 Å². The van der Waals surface area contributed by atoms with Crippen LogP contribution in [0.25, 0.3) is 0 Å². The van der Waals surface area contributed by atoms with Gasteiger partial charge in [-0.3, -0.25) is 14.5 Å². The zero-order valence-corrected chi connectivity index (χ0v) is 28.5. The number of anilines is 1. The average Bonchev–Trinajstić information content (AvgIpc) is 3.40. The van der Waals surface area contributed by atoms with Crippen molar-refractivity contribution in [3.8, 4) is 0 Å². The van der Waals surface area contributed by atoms with E-state index in [9.17, 15) is 9.59 Å². The second kappa shape index (κ2) is 13.8. The third-order valence-electron chi connectivity index (χ3n) is 9.89. The number of rotatable bonds is 10. The lowest BCUT2D eigenvalue weighted by Gasteiger charge is -2.40. The summed E-state index contributed by atoms with van der Waals surface area (Å²) >= 11 is 7.94. The second-order valence-electron chi connectivity index (χ2n) is 12.8. The molecule has 0 saturated carbocycles. The maximum atomic E-state index is 14.0. The van der Waals surface area contributed by atoms with E-state index in [1.165, 1.54) is 9.79 Å². The van der Waals surface area contributed by atoms with Crippen molar-refractivity contribution in [3.05, 3.63) is 124 Å². The van der Waals surface area contributed by atoms with E-state index in [1.54, 1.807) is 11.8 Å². The highest BCUT2D eigenvalue weighted by molar-refractivity contribution is 7.99. The standard InChI is InChI=1S/C39H41ClN4O2S/c1-2-41-38(46)39(33-12-3-5-14-35(33)47-36-15-6-4-13-34(36)39)18-7-8-19-42-20-22-43(23-21-42)31-17-16-29-27-44(37(45)32(29)25-31)26-28-10-9-11-30(40)24-28/h3-6,9-17,24-25H,2,7-8,18-23,26-27H2,1H3,(H,41,46). The minimum Gasteiger partial charge on any atom is -0.369 e. The van der Waals surface area contributed by atoms with E-state index < -0.39 is 5.41 Å². The number of halogens is 1. The molecule has 47 heavy (non-hydrogen) atoms. The number of amides is 2. The number of likely N-dealkylation sites (N-methyl/N-ethyl adjacent to an activating group) is 1. The topological polar surface area (TPSA) is 55.9 Å². The number of carbonyl (C=O) groups is 2. The van der Waals surface area contributed by atoms with Gasteiger partial charge in [-0.15, -0.1) is 0 Å². The lowest BCUT2D eigenvalue weighted by atomic mass is 9.69. The van der Waals surface area contributed by atoms with Crippen LogP contribution in [0.1, 0.15) is 58.8 Å². The highest BCUT2D eigenvalue weighted by atomic mass is 35.5. The Labute approximate surface area is 287 Å². The van der Waals surface area contributed by atoms with Gasteiger partial charge in [0.25, 0.3) is 5.91 Å². The number of hydrogen-bond acceptors (Lipinski definition) is 5. The maximum Gasteiger partial charge on any atom is 0.254 e. The number of nitrogens with one attached hydrogen (secondary N) is 1. The van der Waals surface area contributed by atoms with Gasteiger partial charge in [-0.2, -0.15) is 0 Å². The lowest BCUT2D eigenvalue weighted by Crippen LogP contribution is -2.47. The largest absolute Gasteiger partial charge is 0.369 e. The Kier molecular flexibility index (Phi) is 9.31. The molecule has 1 N–H and O–H groups in total. The Balaban J connectivity index is 0.961. The fourth-order valence-electron chi connectivity index (χ4n) is 7.50. The molecule has 1 saturated heterocycles. The van der Waals surface area contributed by atoms with Gasteiger partial charge in [-0.05, 0) is 85.0 Å². The van der Waals surface area contributed by atoms with E-state index in [1.807, 2.05) is 36.1 Å². The zero-order chi connectivity index (χ0) is 32.4. The van der Waals surface area contributed by atoms with Crippen molar-refractivity contribution >= 4 is 40.9 Å². The van der Waals surface area contributed by atoms with Gasteiger partial charge in [0.2, 0.25) is 5.91 Å². The first-order chi connectivity index (χ1) is 23.0. The van der Waals surface area contributed by atoms with Gasteiger partial charge in [0, 0.05) is 71.9 Å². The van der Waals surface area contributed by atoms with E-state index in [-0.39, 0.29) is 11.8 Å². The molecule has 8 heteroatoms. The summed E-state index contributed by atoms with van der Waals surface area (Å²) in [6.45, 7) is 8.64. The summed E-state index contributed by atoms with van der Waals surface area (Å²) in [5.41, 5.74) is 5.65. The normalized spacial score (nSPS) is 16.9. The monoisotopic (exact) mass is 664 g/mol. The molecule has 3 aliphatic rings. The summed E-state index contributed by atoms with van der Waals surface area (Å²) in [4.78, 5) is 36.5. The first-order valence-corrected chi connectivity index (χ1v) is 17.9. The summed E-state index contributed by atoms with van der Waals surface area (Å²) in [5.74, 6) is 0.196. The molecule has 4 aromatic rings. The van der Waals surface area contributed by atoms with Crippen LogP contribution in [0.15, 0.2) is 101 Å². The summed E-state index contributed by atoms with van der Waals surface area (Å²) < 4.78 is 0. The summed E-state index contributed by atoms with van der Waals surface area (Å²) in [5, 5.41) is 3.88. The number of nitrogens with zero attached hydrogens (tertiary/aromatic N) is 3. The van der Waals surface area contributed by atoms with Crippen molar-refractivity contribution < 1.29 is 9.59 Å². The molecule has 0 aliphatic carbocycles. The molecular formula is C39H41ClN4O2S. The second-order valence-corrected chi connectivity index (χ2v) is 14.3. The number of benzene rings is 4. The number of hydrogen-bond donors (Lipinski definition) is 1. The molecule has 7 rings (SSSR count). The molecule has 3 heterocycles. The van der Waals surface area contributed by atoms with Crippen LogP contribution in [0.2, 0.25) is 5.02 Å². The number of unbranched alkanes of at least 4 members (excludes halogenated alkanes) is 1. The number of fused-ring (bicyclic) bond motifs is 3. The average molecular weight is 665 g/mol. The summed E-state index contributed by atoms with van der Waals surface area (Å²) in [6, 6.07) is 31.0. The molecule has 0 atom stereocenters. The third kappa shape index (κ3) is 6.29. The van der Waals surface area contributed by atoms with Crippen molar-refractivity contribution in [2.24, 2.45) is 0 Å². The van der Waals surface area contributed by atoms with Crippen LogP contribution in [0.5, 0.6) is 0 Å². The Morgan fingerprint density at radius 2 is 1.60 bits per heavy atom. The summed E-state index contributed by atoms with van der Waals surface area (Å²) in [6.07, 6.45) is 2.78. The lowest BCUT2D eigenvalue weighted by molar-refractivity contribution is -0.125. The van der Waals surface area contributed by atoms with Crippen molar-refractivity contribution in [1.29, 1.82) is 0 Å². The number of carbonyl (C=O) groups excluding carboxylic acids is 2. The van der Waals surface area contributed by atoms with Gasteiger partial charge in [-0.1, -0.05) is 84.4 Å². The molecule has 0 unspecified atom stereocenters. The van der Waals surface area contributed by atoms with Crippen LogP contribution < -0.4 is 10.2 Å². The highest BCUT2D eigenvalue weighted by Crippen LogP contribution is 2.51. The van der Waals surface area contributed by atoms with E-state index in [2.05, 4.69) is 81.8 Å². The fraction of sp³-hybridized carbons (Fsp3) is 0.333. The van der Waals surface area contributed by atoms with Crippen LogP contribution in [-0.4, -0.2) is 60.9 Å². The first-order valence-electron chi connectivity index (χ1n) is 16.8. The van der Waals surface area contributed by atoms with E-state index >= 15 is 0 Å². The predicted octanol–water partition coefficient (Wildman–Crippen LogP) is 7.38. The summed E-state index contributed by atoms with van der Waals surface area (Å²) in [7, 11) is 0. The molecule has 6 nitrogen and oxygen atoms in total. The van der Waals surface area contributed by atoms with E-state index in [4.69, 9.17) is 11.6 Å². The molecule has 3 aliphatic heterocycles. The van der Waals surface area contributed by atoms with Crippen molar-refractivity contribution in [3.63, 3.8) is 0 Å². The smallest absolute Gasteiger partial charge is 0.254 e. The minimum absolute atomic E-state index is 0.0904. The molecular weight excluding hydrogens is 624 g/mol. The molecule has 1 fully saturated rings. The van der Waals surface area contributed by atoms with Crippen LogP contribution in [0, 0.1) is 0 Å². The van der Waals surface area contributed by atoms with E-state index in [0.29, 0.717) is 24.7 Å². The van der Waals surface area contributed by atoms with Crippen LogP contribution in [0.3, 0.4) is 0 Å². The highest BCUT2D eigenvalue weighted by Gasteiger charge is 2.46. The Morgan fingerprint density at radius 3 is 2.30 bits per heavy atom. The molecule has 0 spiro atoms. The minimum atomic E-state index is -0.679. The maximum absolute atomic E-state index is 14.0. The fourth-order valence-corrected chi connectivity index (χ4v) is 8.95. The molecule has 242 valence electrons. The molecule has 4 aromatic carbocycles.